The van der Waals surface area contributed by atoms with Crippen molar-refractivity contribution in [1.82, 2.24) is 10.2 Å². The summed E-state index contributed by atoms with van der Waals surface area (Å²) >= 11 is 12.7. The van der Waals surface area contributed by atoms with E-state index in [1.165, 1.54) is 9.21 Å². The number of rotatable bonds is 12. The lowest BCUT2D eigenvalue weighted by Gasteiger charge is -2.31. The van der Waals surface area contributed by atoms with Gasteiger partial charge in [0.25, 0.3) is 0 Å². The fraction of sp³-hybridized carbons (Fsp3) is 0.440. The molecule has 10 heteroatoms. The summed E-state index contributed by atoms with van der Waals surface area (Å²) < 4.78 is 26.2. The number of nitrogens with zero attached hydrogens (tertiary/aromatic N) is 2. The van der Waals surface area contributed by atoms with Crippen LogP contribution in [0.25, 0.3) is 0 Å². The average Bonchev–Trinajstić information content (AvgIpc) is 2.77. The summed E-state index contributed by atoms with van der Waals surface area (Å²) in [6.07, 6.45) is 1.87. The van der Waals surface area contributed by atoms with Gasteiger partial charge >= 0.3 is 0 Å². The number of sulfonamides is 1. The van der Waals surface area contributed by atoms with Crippen LogP contribution in [0.3, 0.4) is 0 Å². The van der Waals surface area contributed by atoms with Gasteiger partial charge in [0, 0.05) is 41.7 Å². The molecule has 192 valence electrons. The number of aryl methyl sites for hydroxylation is 1. The minimum Gasteiger partial charge on any atom is -0.355 e. The molecule has 1 atom stereocenters. The van der Waals surface area contributed by atoms with E-state index in [9.17, 15) is 18.0 Å². The molecule has 0 fully saturated rings. The molecule has 35 heavy (non-hydrogen) atoms. The SMILES string of the molecule is CCNC(=O)[C@@H](CC)N(Cc1c(Cl)cccc1Cl)C(=O)CCCN(c1cccc(C)c1)S(C)(=O)=O. The number of likely N-dealkylation sites (N-methyl/N-ethyl adjacent to an activating group) is 1. The van der Waals surface area contributed by atoms with E-state index >= 15 is 0 Å². The molecule has 0 aromatic heterocycles. The van der Waals surface area contributed by atoms with Crippen molar-refractivity contribution in [3.63, 3.8) is 0 Å². The maximum Gasteiger partial charge on any atom is 0.242 e. The lowest BCUT2D eigenvalue weighted by molar-refractivity contribution is -0.141. The van der Waals surface area contributed by atoms with E-state index in [1.807, 2.05) is 26.8 Å². The number of amides is 2. The van der Waals surface area contributed by atoms with E-state index in [4.69, 9.17) is 23.2 Å². The van der Waals surface area contributed by atoms with Gasteiger partial charge in [-0.1, -0.05) is 48.3 Å². The summed E-state index contributed by atoms with van der Waals surface area (Å²) in [6, 6.07) is 11.6. The van der Waals surface area contributed by atoms with Gasteiger partial charge in [0.1, 0.15) is 6.04 Å². The molecule has 0 aliphatic rings. The van der Waals surface area contributed by atoms with E-state index in [0.717, 1.165) is 11.8 Å². The molecule has 1 N–H and O–H groups in total. The fourth-order valence-electron chi connectivity index (χ4n) is 3.85. The molecule has 0 radical (unpaired) electrons. The highest BCUT2D eigenvalue weighted by molar-refractivity contribution is 7.92. The van der Waals surface area contributed by atoms with Crippen LogP contribution in [-0.2, 0) is 26.2 Å². The normalized spacial score (nSPS) is 12.2. The third-order valence-electron chi connectivity index (χ3n) is 5.57. The van der Waals surface area contributed by atoms with Crippen molar-refractivity contribution in [2.24, 2.45) is 0 Å². The van der Waals surface area contributed by atoms with Crippen LogP contribution in [0.4, 0.5) is 5.69 Å². The first-order valence-corrected chi connectivity index (χ1v) is 14.1. The Bertz CT molecular complexity index is 1120. The van der Waals surface area contributed by atoms with E-state index in [2.05, 4.69) is 5.32 Å². The molecular weight excluding hydrogens is 509 g/mol. The zero-order valence-corrected chi connectivity index (χ0v) is 22.9. The molecule has 0 saturated heterocycles. The molecule has 0 aliphatic heterocycles. The number of carbonyl (C=O) groups is 2. The predicted molar refractivity (Wildman–Crippen MR) is 142 cm³/mol. The summed E-state index contributed by atoms with van der Waals surface area (Å²) in [5.74, 6) is -0.541. The third kappa shape index (κ3) is 8.12. The summed E-state index contributed by atoms with van der Waals surface area (Å²) in [7, 11) is -3.55. The molecule has 0 spiro atoms. The van der Waals surface area contributed by atoms with E-state index in [-0.39, 0.29) is 37.7 Å². The molecule has 2 rings (SSSR count). The number of hydrogen-bond donors (Lipinski definition) is 1. The molecule has 7 nitrogen and oxygen atoms in total. The summed E-state index contributed by atoms with van der Waals surface area (Å²) in [5.41, 5.74) is 2.04. The second-order valence-electron chi connectivity index (χ2n) is 8.32. The Morgan fingerprint density at radius 2 is 1.69 bits per heavy atom. The van der Waals surface area contributed by atoms with Crippen molar-refractivity contribution in [1.29, 1.82) is 0 Å². The minimum atomic E-state index is -3.55. The van der Waals surface area contributed by atoms with Crippen molar-refractivity contribution >= 4 is 50.7 Å². The Hall–Kier alpha value is -2.29. The first-order chi connectivity index (χ1) is 16.5. The number of nitrogens with one attached hydrogen (secondary N) is 1. The Morgan fingerprint density at radius 3 is 2.23 bits per heavy atom. The van der Waals surface area contributed by atoms with Crippen LogP contribution in [0.15, 0.2) is 42.5 Å². The van der Waals surface area contributed by atoms with Gasteiger partial charge in [-0.05, 0) is 56.5 Å². The van der Waals surface area contributed by atoms with Crippen LogP contribution in [0, 0.1) is 6.92 Å². The predicted octanol–water partition coefficient (Wildman–Crippen LogP) is 4.79. The number of hydrogen-bond acceptors (Lipinski definition) is 4. The van der Waals surface area contributed by atoms with Crippen LogP contribution >= 0.6 is 23.2 Å². The van der Waals surface area contributed by atoms with Crippen LogP contribution in [0.1, 0.15) is 44.2 Å². The lowest BCUT2D eigenvalue weighted by atomic mass is 10.1. The molecule has 0 heterocycles. The van der Waals surface area contributed by atoms with Gasteiger partial charge in [-0.3, -0.25) is 13.9 Å². The van der Waals surface area contributed by atoms with Crippen LogP contribution in [0.5, 0.6) is 0 Å². The maximum absolute atomic E-state index is 13.4. The second kappa shape index (κ2) is 13.1. The van der Waals surface area contributed by atoms with Crippen molar-refractivity contribution < 1.29 is 18.0 Å². The lowest BCUT2D eigenvalue weighted by Crippen LogP contribution is -2.49. The quantitative estimate of drug-likeness (QED) is 0.418. The van der Waals surface area contributed by atoms with Crippen molar-refractivity contribution in [2.45, 2.75) is 52.6 Å². The van der Waals surface area contributed by atoms with Gasteiger partial charge in [-0.25, -0.2) is 8.42 Å². The molecule has 2 amide bonds. The van der Waals surface area contributed by atoms with Crippen molar-refractivity contribution in [3.05, 3.63) is 63.6 Å². The Morgan fingerprint density at radius 1 is 1.06 bits per heavy atom. The van der Waals surface area contributed by atoms with Crippen molar-refractivity contribution in [3.8, 4) is 0 Å². The highest BCUT2D eigenvalue weighted by Crippen LogP contribution is 2.27. The number of halogens is 2. The molecule has 2 aromatic rings. The first kappa shape index (κ1) is 28.9. The van der Waals surface area contributed by atoms with Crippen LogP contribution in [-0.4, -0.2) is 50.5 Å². The topological polar surface area (TPSA) is 86.8 Å². The van der Waals surface area contributed by atoms with Gasteiger partial charge in [0.15, 0.2) is 0 Å². The average molecular weight is 543 g/mol. The summed E-state index contributed by atoms with van der Waals surface area (Å²) in [5, 5.41) is 3.59. The largest absolute Gasteiger partial charge is 0.355 e. The molecule has 0 bridgehead atoms. The molecule has 0 aliphatic carbocycles. The number of carbonyl (C=O) groups excluding carboxylic acids is 2. The van der Waals surface area contributed by atoms with Crippen LogP contribution < -0.4 is 9.62 Å². The minimum absolute atomic E-state index is 0.0514. The van der Waals surface area contributed by atoms with Gasteiger partial charge in [-0.15, -0.1) is 0 Å². The Labute approximate surface area is 218 Å². The molecular formula is C25H33Cl2N3O4S. The molecule has 0 saturated carbocycles. The highest BCUT2D eigenvalue weighted by Gasteiger charge is 2.29. The van der Waals surface area contributed by atoms with Crippen molar-refractivity contribution in [2.75, 3.05) is 23.7 Å². The third-order valence-corrected chi connectivity index (χ3v) is 7.47. The number of anilines is 1. The first-order valence-electron chi connectivity index (χ1n) is 11.5. The van der Waals surface area contributed by atoms with Gasteiger partial charge in [0.2, 0.25) is 21.8 Å². The zero-order valence-electron chi connectivity index (χ0n) is 20.6. The van der Waals surface area contributed by atoms with E-state index < -0.39 is 16.1 Å². The summed E-state index contributed by atoms with van der Waals surface area (Å²) in [4.78, 5) is 27.6. The zero-order chi connectivity index (χ0) is 26.2. The monoisotopic (exact) mass is 541 g/mol. The van der Waals surface area contributed by atoms with Gasteiger partial charge in [-0.2, -0.15) is 0 Å². The Kier molecular flexibility index (Phi) is 10.9. The smallest absolute Gasteiger partial charge is 0.242 e. The highest BCUT2D eigenvalue weighted by atomic mass is 35.5. The molecule has 2 aromatic carbocycles. The van der Waals surface area contributed by atoms with Gasteiger partial charge in [0.05, 0.1) is 11.9 Å². The number of benzene rings is 2. The second-order valence-corrected chi connectivity index (χ2v) is 11.0. The standard InChI is InChI=1S/C25H33Cl2N3O4S/c1-5-23(25(32)28-6-2)29(17-20-21(26)12-8-13-22(20)27)24(31)14-9-15-30(35(4,33)34)19-11-7-10-18(3)16-19/h7-8,10-13,16,23H,5-6,9,14-15,17H2,1-4H3,(H,28,32)/t23-/m1/s1. The van der Waals surface area contributed by atoms with Gasteiger partial charge < -0.3 is 10.2 Å². The van der Waals surface area contributed by atoms with E-state index in [0.29, 0.717) is 34.3 Å². The fourth-order valence-corrected chi connectivity index (χ4v) is 5.33. The maximum atomic E-state index is 13.4. The Balaban J connectivity index is 2.26. The van der Waals surface area contributed by atoms with Crippen LogP contribution in [0.2, 0.25) is 10.0 Å². The summed E-state index contributed by atoms with van der Waals surface area (Å²) in [6.45, 7) is 6.17. The van der Waals surface area contributed by atoms with E-state index in [1.54, 1.807) is 36.4 Å². The molecule has 0 unspecified atom stereocenters.